The van der Waals surface area contributed by atoms with Crippen molar-refractivity contribution in [1.29, 1.82) is 0 Å². The summed E-state index contributed by atoms with van der Waals surface area (Å²) in [5, 5.41) is 1.13. The molecule has 0 aromatic carbocycles. The van der Waals surface area contributed by atoms with Gasteiger partial charge < -0.3 is 9.88 Å². The van der Waals surface area contributed by atoms with E-state index in [4.69, 9.17) is 0 Å². The van der Waals surface area contributed by atoms with Gasteiger partial charge in [-0.15, -0.1) is 0 Å². The maximum Gasteiger partial charge on any atom is 0.142 e. The van der Waals surface area contributed by atoms with Gasteiger partial charge in [0.1, 0.15) is 17.8 Å². The van der Waals surface area contributed by atoms with Crippen molar-refractivity contribution in [2.24, 2.45) is 11.3 Å². The Kier molecular flexibility index (Phi) is 3.93. The zero-order chi connectivity index (χ0) is 16.9. The van der Waals surface area contributed by atoms with Crippen LogP contribution in [-0.2, 0) is 0 Å². The Morgan fingerprint density at radius 3 is 2.80 bits per heavy atom. The second-order valence-electron chi connectivity index (χ2n) is 8.26. The minimum absolute atomic E-state index is 0.620. The number of anilines is 1. The van der Waals surface area contributed by atoms with E-state index in [1.807, 2.05) is 6.20 Å². The summed E-state index contributed by atoms with van der Waals surface area (Å²) in [7, 11) is 2.18. The van der Waals surface area contributed by atoms with Crippen LogP contribution in [0.4, 0.5) is 5.82 Å². The lowest BCUT2D eigenvalue weighted by Crippen LogP contribution is -2.44. The molecule has 1 saturated heterocycles. The number of nitrogens with zero attached hydrogens (tertiary/aromatic N) is 4. The third-order valence-electron chi connectivity index (χ3n) is 6.66. The highest BCUT2D eigenvalue weighted by molar-refractivity contribution is 7.97. The molecule has 1 aliphatic heterocycles. The third kappa shape index (κ3) is 3.04. The Hall–Kier alpha value is -1.27. The normalized spacial score (nSPS) is 28.2. The Labute approximate surface area is 153 Å². The molecule has 0 amide bonds. The van der Waals surface area contributed by atoms with Crippen molar-refractivity contribution >= 4 is 28.8 Å². The molecular weight excluding hydrogens is 330 g/mol. The van der Waals surface area contributed by atoms with Crippen LogP contribution in [0.25, 0.3) is 11.0 Å². The molecule has 2 aromatic heterocycles. The summed E-state index contributed by atoms with van der Waals surface area (Å²) < 4.78 is 2.63. The summed E-state index contributed by atoms with van der Waals surface area (Å²) in [4.78, 5) is 14.4. The molecule has 0 unspecified atom stereocenters. The fourth-order valence-corrected chi connectivity index (χ4v) is 5.58. The predicted molar refractivity (Wildman–Crippen MR) is 104 cm³/mol. The summed E-state index contributed by atoms with van der Waals surface area (Å²) in [5.74, 6) is 3.21. The first-order valence-corrected chi connectivity index (χ1v) is 10.6. The van der Waals surface area contributed by atoms with Gasteiger partial charge >= 0.3 is 0 Å². The van der Waals surface area contributed by atoms with E-state index in [1.54, 1.807) is 6.33 Å². The first-order valence-electron chi connectivity index (χ1n) is 9.61. The van der Waals surface area contributed by atoms with Crippen molar-refractivity contribution in [3.8, 4) is 0 Å². The fourth-order valence-electron chi connectivity index (χ4n) is 4.44. The third-order valence-corrected chi connectivity index (χ3v) is 8.01. The molecule has 2 aromatic rings. The van der Waals surface area contributed by atoms with Gasteiger partial charge in [-0.25, -0.2) is 9.97 Å². The number of fused-ring (bicyclic) bond motifs is 1. The number of nitrogens with one attached hydrogen (secondary N) is 1. The molecule has 1 N–H and O–H groups in total. The molecule has 5 rings (SSSR count). The van der Waals surface area contributed by atoms with Gasteiger partial charge in [0.05, 0.1) is 5.39 Å². The number of aromatic amines is 1. The van der Waals surface area contributed by atoms with Crippen LogP contribution in [0, 0.1) is 11.3 Å². The fraction of sp³-hybridized carbons (Fsp3) is 0.684. The molecule has 25 heavy (non-hydrogen) atoms. The highest BCUT2D eigenvalue weighted by atomic mass is 32.2. The molecule has 0 atom stereocenters. The zero-order valence-corrected chi connectivity index (χ0v) is 15.8. The van der Waals surface area contributed by atoms with Crippen molar-refractivity contribution < 1.29 is 0 Å². The van der Waals surface area contributed by atoms with E-state index in [1.165, 1.54) is 57.4 Å². The molecule has 3 fully saturated rings. The van der Waals surface area contributed by atoms with E-state index in [0.717, 1.165) is 28.2 Å². The number of H-pyrrole nitrogens is 1. The van der Waals surface area contributed by atoms with E-state index in [9.17, 15) is 0 Å². The number of aromatic nitrogens is 3. The summed E-state index contributed by atoms with van der Waals surface area (Å²) in [6, 6.07) is 2.70. The van der Waals surface area contributed by atoms with Crippen molar-refractivity contribution in [1.82, 2.24) is 19.3 Å². The lowest BCUT2D eigenvalue weighted by Gasteiger charge is -2.42. The standard InChI is InChI=1S/C19H27N5S/c1-23(18-16-2-7-20-17(16)21-13-22-18)15-10-14(11-15)12-25-24-8-5-19(3-4-19)6-9-24/h2,7,13-15H,3-6,8-12H2,1H3,(H,20,21,22). The molecule has 1 spiro atoms. The Morgan fingerprint density at radius 1 is 1.24 bits per heavy atom. The maximum atomic E-state index is 4.53. The van der Waals surface area contributed by atoms with Crippen LogP contribution in [-0.4, -0.2) is 51.2 Å². The van der Waals surface area contributed by atoms with E-state index in [2.05, 4.69) is 49.2 Å². The van der Waals surface area contributed by atoms with Crippen LogP contribution in [0.5, 0.6) is 0 Å². The van der Waals surface area contributed by atoms with Gasteiger partial charge in [-0.3, -0.25) is 4.31 Å². The smallest absolute Gasteiger partial charge is 0.142 e. The van der Waals surface area contributed by atoms with Crippen LogP contribution >= 0.6 is 11.9 Å². The van der Waals surface area contributed by atoms with Crippen LogP contribution in [0.15, 0.2) is 18.6 Å². The quantitative estimate of drug-likeness (QED) is 0.827. The Morgan fingerprint density at radius 2 is 2.04 bits per heavy atom. The van der Waals surface area contributed by atoms with Crippen molar-refractivity contribution in [3.63, 3.8) is 0 Å². The highest BCUT2D eigenvalue weighted by Crippen LogP contribution is 2.54. The average molecular weight is 358 g/mol. The summed E-state index contributed by atoms with van der Waals surface area (Å²) in [5.41, 5.74) is 1.73. The van der Waals surface area contributed by atoms with Crippen molar-refractivity contribution in [3.05, 3.63) is 18.6 Å². The molecular formula is C19H27N5S. The van der Waals surface area contributed by atoms with Gasteiger partial charge in [0.15, 0.2) is 0 Å². The molecule has 3 aliphatic rings. The van der Waals surface area contributed by atoms with Gasteiger partial charge in [0, 0.05) is 38.1 Å². The summed E-state index contributed by atoms with van der Waals surface area (Å²) in [6.45, 7) is 2.63. The van der Waals surface area contributed by atoms with Crippen LogP contribution in [0.3, 0.4) is 0 Å². The molecule has 5 nitrogen and oxygen atoms in total. The number of rotatable bonds is 5. The van der Waals surface area contributed by atoms with Gasteiger partial charge in [-0.2, -0.15) is 0 Å². The maximum absolute atomic E-state index is 4.53. The summed E-state index contributed by atoms with van der Waals surface area (Å²) >= 11 is 2.11. The van der Waals surface area contributed by atoms with Gasteiger partial charge in [0.25, 0.3) is 0 Å². The minimum Gasteiger partial charge on any atom is -0.356 e. The number of piperidine rings is 1. The van der Waals surface area contributed by atoms with Crippen molar-refractivity contribution in [2.75, 3.05) is 30.8 Å². The molecule has 134 valence electrons. The van der Waals surface area contributed by atoms with Gasteiger partial charge in [0.2, 0.25) is 0 Å². The highest BCUT2D eigenvalue weighted by Gasteiger charge is 2.44. The first-order chi connectivity index (χ1) is 12.2. The largest absolute Gasteiger partial charge is 0.356 e. The molecule has 2 aliphatic carbocycles. The molecule has 0 bridgehead atoms. The topological polar surface area (TPSA) is 48.1 Å². The van der Waals surface area contributed by atoms with E-state index in [0.29, 0.717) is 6.04 Å². The van der Waals surface area contributed by atoms with E-state index >= 15 is 0 Å². The molecule has 0 radical (unpaired) electrons. The predicted octanol–water partition coefficient (Wildman–Crippen LogP) is 3.70. The summed E-state index contributed by atoms with van der Waals surface area (Å²) in [6.07, 6.45) is 12.1. The molecule has 2 saturated carbocycles. The monoisotopic (exact) mass is 357 g/mol. The van der Waals surface area contributed by atoms with Gasteiger partial charge in [-0.1, -0.05) is 11.9 Å². The lowest BCUT2D eigenvalue weighted by atomic mass is 9.81. The lowest BCUT2D eigenvalue weighted by molar-refractivity contribution is 0.264. The Bertz CT molecular complexity index is 739. The van der Waals surface area contributed by atoms with Gasteiger partial charge in [-0.05, 0) is 55.9 Å². The molecule has 6 heteroatoms. The average Bonchev–Trinajstić information content (AvgIpc) is 3.17. The van der Waals surface area contributed by atoms with Crippen LogP contribution in [0.1, 0.15) is 38.5 Å². The van der Waals surface area contributed by atoms with E-state index in [-0.39, 0.29) is 0 Å². The molecule has 3 heterocycles. The van der Waals surface area contributed by atoms with E-state index < -0.39 is 0 Å². The second-order valence-corrected chi connectivity index (χ2v) is 9.37. The zero-order valence-electron chi connectivity index (χ0n) is 14.9. The van der Waals surface area contributed by atoms with Crippen molar-refractivity contribution in [2.45, 2.75) is 44.6 Å². The second kappa shape index (κ2) is 6.16. The Balaban J connectivity index is 1.11. The SMILES string of the molecule is CN(c1ncnc2[nH]ccc12)C1CC(CSN2CCC3(CC2)CC3)C1. The first kappa shape index (κ1) is 15.9. The number of hydrogen-bond acceptors (Lipinski definition) is 5. The van der Waals surface area contributed by atoms with Crippen LogP contribution < -0.4 is 4.90 Å². The van der Waals surface area contributed by atoms with Crippen LogP contribution in [0.2, 0.25) is 0 Å². The number of hydrogen-bond donors (Lipinski definition) is 1. The minimum atomic E-state index is 0.620.